The quantitative estimate of drug-likeness (QED) is 0.932. The first-order valence-electron chi connectivity index (χ1n) is 7.25. The molecule has 0 amide bonds. The molecular weight excluding hydrogens is 291 g/mol. The van der Waals surface area contributed by atoms with E-state index in [1.54, 1.807) is 6.07 Å². The Hall–Kier alpha value is -0.980. The van der Waals surface area contributed by atoms with Crippen molar-refractivity contribution in [2.75, 3.05) is 13.1 Å². The predicted octanol–water partition coefficient (Wildman–Crippen LogP) is 2.49. The Bertz CT molecular complexity index is 614. The number of rotatable bonds is 3. The molecule has 1 aromatic carbocycles. The molecule has 2 N–H and O–H groups in total. The Morgan fingerprint density at radius 1 is 1.29 bits per heavy atom. The molecule has 0 atom stereocenters. The molecule has 0 aliphatic carbocycles. The van der Waals surface area contributed by atoms with Crippen LogP contribution in [0.3, 0.4) is 0 Å². The Labute approximate surface area is 126 Å². The second-order valence-electron chi connectivity index (χ2n) is 6.39. The van der Waals surface area contributed by atoms with E-state index in [1.807, 2.05) is 0 Å². The molecule has 1 aromatic rings. The van der Waals surface area contributed by atoms with Gasteiger partial charge in [0.05, 0.1) is 0 Å². The molecule has 1 aliphatic heterocycles. The molecule has 0 aromatic heterocycles. The lowest BCUT2D eigenvalue weighted by molar-refractivity contribution is 0.314. The maximum absolute atomic E-state index is 14.1. The number of hydrogen-bond donors (Lipinski definition) is 1. The van der Waals surface area contributed by atoms with Crippen LogP contribution in [-0.2, 0) is 16.6 Å². The van der Waals surface area contributed by atoms with Gasteiger partial charge in [-0.05, 0) is 42.4 Å². The van der Waals surface area contributed by atoms with Gasteiger partial charge in [-0.1, -0.05) is 19.9 Å². The molecule has 0 bridgehead atoms. The van der Waals surface area contributed by atoms with Gasteiger partial charge in [0.15, 0.2) is 0 Å². The molecule has 2 rings (SSSR count). The largest absolute Gasteiger partial charge is 0.326 e. The highest BCUT2D eigenvalue weighted by Crippen LogP contribution is 2.32. The summed E-state index contributed by atoms with van der Waals surface area (Å²) >= 11 is 0. The van der Waals surface area contributed by atoms with E-state index in [2.05, 4.69) is 13.8 Å². The lowest BCUT2D eigenvalue weighted by Crippen LogP contribution is -2.33. The minimum atomic E-state index is -3.77. The van der Waals surface area contributed by atoms with Gasteiger partial charge >= 0.3 is 0 Å². The lowest BCUT2D eigenvalue weighted by Gasteiger charge is -2.23. The second kappa shape index (κ2) is 6.02. The van der Waals surface area contributed by atoms with E-state index in [4.69, 9.17) is 5.73 Å². The van der Waals surface area contributed by atoms with E-state index in [0.29, 0.717) is 18.7 Å². The summed E-state index contributed by atoms with van der Waals surface area (Å²) in [6.07, 6.45) is 2.57. The number of hydrogen-bond acceptors (Lipinski definition) is 3. The van der Waals surface area contributed by atoms with Crippen LogP contribution in [-0.4, -0.2) is 25.8 Å². The Morgan fingerprint density at radius 3 is 2.62 bits per heavy atom. The second-order valence-corrected chi connectivity index (χ2v) is 8.30. The van der Waals surface area contributed by atoms with Crippen LogP contribution < -0.4 is 5.73 Å². The van der Waals surface area contributed by atoms with Gasteiger partial charge in [0.25, 0.3) is 0 Å². The summed E-state index contributed by atoms with van der Waals surface area (Å²) in [6, 6.07) is 4.09. The molecule has 1 saturated heterocycles. The maximum atomic E-state index is 14.1. The van der Waals surface area contributed by atoms with Gasteiger partial charge in [-0.25, -0.2) is 12.8 Å². The molecular formula is C15H23FN2O2S. The third-order valence-electron chi connectivity index (χ3n) is 4.15. The van der Waals surface area contributed by atoms with Crippen LogP contribution in [0.25, 0.3) is 0 Å². The summed E-state index contributed by atoms with van der Waals surface area (Å²) in [7, 11) is -3.77. The van der Waals surface area contributed by atoms with Crippen molar-refractivity contribution in [3.05, 3.63) is 29.6 Å². The molecule has 0 saturated carbocycles. The highest BCUT2D eigenvalue weighted by atomic mass is 32.2. The first-order chi connectivity index (χ1) is 9.76. The highest BCUT2D eigenvalue weighted by Gasteiger charge is 2.31. The van der Waals surface area contributed by atoms with Gasteiger partial charge in [0, 0.05) is 19.6 Å². The smallest absolute Gasteiger partial charge is 0.245 e. The number of nitrogens with two attached hydrogens (primary N) is 1. The van der Waals surface area contributed by atoms with E-state index in [1.165, 1.54) is 16.4 Å². The molecule has 0 radical (unpaired) electrons. The SMILES string of the molecule is CC1(C)CCCN(S(=O)(=O)c2ccc(CN)cc2F)CC1. The summed E-state index contributed by atoms with van der Waals surface area (Å²) in [6.45, 7) is 5.35. The van der Waals surface area contributed by atoms with Crippen LogP contribution >= 0.6 is 0 Å². The van der Waals surface area contributed by atoms with Gasteiger partial charge in [0.1, 0.15) is 10.7 Å². The van der Waals surface area contributed by atoms with Crippen LogP contribution in [0.1, 0.15) is 38.7 Å². The van der Waals surface area contributed by atoms with Gasteiger partial charge in [-0.2, -0.15) is 4.31 Å². The third kappa shape index (κ3) is 3.62. The molecule has 0 unspecified atom stereocenters. The molecule has 1 fully saturated rings. The van der Waals surface area contributed by atoms with Crippen molar-refractivity contribution in [1.29, 1.82) is 0 Å². The summed E-state index contributed by atoms with van der Waals surface area (Å²) in [4.78, 5) is -0.251. The van der Waals surface area contributed by atoms with Crippen LogP contribution in [0.2, 0.25) is 0 Å². The molecule has 0 spiro atoms. The highest BCUT2D eigenvalue weighted by molar-refractivity contribution is 7.89. The fourth-order valence-corrected chi connectivity index (χ4v) is 4.18. The topological polar surface area (TPSA) is 63.4 Å². The third-order valence-corrected chi connectivity index (χ3v) is 6.08. The van der Waals surface area contributed by atoms with Crippen molar-refractivity contribution in [2.45, 2.75) is 44.6 Å². The van der Waals surface area contributed by atoms with Crippen LogP contribution in [0, 0.1) is 11.2 Å². The van der Waals surface area contributed by atoms with E-state index < -0.39 is 15.8 Å². The monoisotopic (exact) mass is 314 g/mol. The zero-order valence-electron chi connectivity index (χ0n) is 12.6. The number of sulfonamides is 1. The summed E-state index contributed by atoms with van der Waals surface area (Å²) in [5.74, 6) is -0.721. The molecule has 1 aliphatic rings. The minimum absolute atomic E-state index is 0.131. The standard InChI is InChI=1S/C15H23FN2O2S/c1-15(2)6-3-8-18(9-7-15)21(19,20)14-5-4-12(11-17)10-13(14)16/h4-5,10H,3,6-9,11,17H2,1-2H3. The van der Waals surface area contributed by atoms with Crippen molar-refractivity contribution in [3.8, 4) is 0 Å². The van der Waals surface area contributed by atoms with Gasteiger partial charge in [0.2, 0.25) is 10.0 Å². The fraction of sp³-hybridized carbons (Fsp3) is 0.600. The van der Waals surface area contributed by atoms with Crippen LogP contribution in [0.4, 0.5) is 4.39 Å². The van der Waals surface area contributed by atoms with E-state index in [0.717, 1.165) is 19.3 Å². The summed E-state index contributed by atoms with van der Waals surface area (Å²) < 4.78 is 40.7. The van der Waals surface area contributed by atoms with E-state index in [-0.39, 0.29) is 16.9 Å². The molecule has 21 heavy (non-hydrogen) atoms. The average molecular weight is 314 g/mol. The van der Waals surface area contributed by atoms with E-state index in [9.17, 15) is 12.8 Å². The first kappa shape index (κ1) is 16.4. The molecule has 118 valence electrons. The van der Waals surface area contributed by atoms with Crippen LogP contribution in [0.5, 0.6) is 0 Å². The fourth-order valence-electron chi connectivity index (χ4n) is 2.66. The summed E-state index contributed by atoms with van der Waals surface area (Å²) in [5, 5.41) is 0. The summed E-state index contributed by atoms with van der Waals surface area (Å²) in [5.41, 5.74) is 6.16. The lowest BCUT2D eigenvalue weighted by atomic mass is 9.85. The molecule has 4 nitrogen and oxygen atoms in total. The molecule has 1 heterocycles. The maximum Gasteiger partial charge on any atom is 0.245 e. The van der Waals surface area contributed by atoms with Gasteiger partial charge < -0.3 is 5.73 Å². The van der Waals surface area contributed by atoms with Crippen molar-refractivity contribution < 1.29 is 12.8 Å². The zero-order chi connectivity index (χ0) is 15.7. The van der Waals surface area contributed by atoms with Crippen molar-refractivity contribution in [2.24, 2.45) is 11.1 Å². The normalized spacial score (nSPS) is 20.2. The number of nitrogens with zero attached hydrogens (tertiary/aromatic N) is 1. The van der Waals surface area contributed by atoms with Gasteiger partial charge in [-0.3, -0.25) is 0 Å². The Morgan fingerprint density at radius 2 is 2.00 bits per heavy atom. The zero-order valence-corrected chi connectivity index (χ0v) is 13.4. The van der Waals surface area contributed by atoms with Crippen molar-refractivity contribution in [1.82, 2.24) is 4.31 Å². The Balaban J connectivity index is 2.29. The molecule has 6 heteroatoms. The van der Waals surface area contributed by atoms with Crippen molar-refractivity contribution in [3.63, 3.8) is 0 Å². The predicted molar refractivity (Wildman–Crippen MR) is 80.7 cm³/mol. The minimum Gasteiger partial charge on any atom is -0.326 e. The number of halogens is 1. The average Bonchev–Trinajstić information content (AvgIpc) is 2.59. The first-order valence-corrected chi connectivity index (χ1v) is 8.69. The van der Waals surface area contributed by atoms with Crippen molar-refractivity contribution >= 4 is 10.0 Å². The number of benzene rings is 1. The van der Waals surface area contributed by atoms with Gasteiger partial charge in [-0.15, -0.1) is 0 Å². The van der Waals surface area contributed by atoms with Crippen LogP contribution in [0.15, 0.2) is 23.1 Å². The van der Waals surface area contributed by atoms with E-state index >= 15 is 0 Å². The Kier molecular flexibility index (Phi) is 4.70.